The van der Waals surface area contributed by atoms with Gasteiger partial charge in [0.1, 0.15) is 17.0 Å². The second-order valence-electron chi connectivity index (χ2n) is 7.84. The largest absolute Gasteiger partial charge is 0.383 e. The Morgan fingerprint density at radius 1 is 1.39 bits per heavy atom. The summed E-state index contributed by atoms with van der Waals surface area (Å²) >= 11 is 1.68. The van der Waals surface area contributed by atoms with Crippen LogP contribution >= 0.6 is 11.3 Å². The van der Waals surface area contributed by atoms with Crippen LogP contribution in [0.3, 0.4) is 0 Å². The van der Waals surface area contributed by atoms with Crippen molar-refractivity contribution in [1.82, 2.24) is 24.5 Å². The fourth-order valence-corrected chi connectivity index (χ4v) is 5.47. The molecule has 0 fully saturated rings. The third-order valence-electron chi connectivity index (χ3n) is 5.86. The molecule has 5 rings (SSSR count). The Bertz CT molecular complexity index is 1250. The number of amides is 1. The lowest BCUT2D eigenvalue weighted by molar-refractivity contribution is -0.135. The summed E-state index contributed by atoms with van der Waals surface area (Å²) in [6.45, 7) is 1.17. The predicted octanol–water partition coefficient (Wildman–Crippen LogP) is 3.29. The Hall–Kier alpha value is -3.04. The van der Waals surface area contributed by atoms with E-state index in [1.165, 1.54) is 10.4 Å². The minimum absolute atomic E-state index is 0.0102. The highest BCUT2D eigenvalue weighted by atomic mass is 32.1. The van der Waals surface area contributed by atoms with Gasteiger partial charge in [-0.2, -0.15) is 5.10 Å². The third kappa shape index (κ3) is 3.75. The number of rotatable bonds is 6. The number of nitrogens with one attached hydrogen (secondary N) is 1. The van der Waals surface area contributed by atoms with Gasteiger partial charge in [0.25, 0.3) is 0 Å². The fraction of sp³-hybridized carbons (Fsp3) is 0.364. The summed E-state index contributed by atoms with van der Waals surface area (Å²) in [5.41, 5.74) is 3.25. The molecule has 31 heavy (non-hydrogen) atoms. The Labute approximate surface area is 183 Å². The first kappa shape index (κ1) is 19.9. The highest BCUT2D eigenvalue weighted by Crippen LogP contribution is 2.40. The summed E-state index contributed by atoms with van der Waals surface area (Å²) in [4.78, 5) is 25.9. The summed E-state index contributed by atoms with van der Waals surface area (Å²) in [6, 6.07) is 6.00. The van der Waals surface area contributed by atoms with Gasteiger partial charge in [-0.25, -0.2) is 14.5 Å². The maximum Gasteiger partial charge on any atom is 0.225 e. The van der Waals surface area contributed by atoms with E-state index in [-0.39, 0.29) is 11.8 Å². The molecule has 0 saturated heterocycles. The maximum atomic E-state index is 12.8. The van der Waals surface area contributed by atoms with Crippen LogP contribution < -0.4 is 5.32 Å². The summed E-state index contributed by atoms with van der Waals surface area (Å²) in [7, 11) is 3.51. The fourth-order valence-electron chi connectivity index (χ4n) is 4.20. The van der Waals surface area contributed by atoms with Crippen molar-refractivity contribution < 1.29 is 9.53 Å². The zero-order valence-electron chi connectivity index (χ0n) is 17.5. The number of methoxy groups -OCH3 is 1. The van der Waals surface area contributed by atoms with Crippen LogP contribution in [-0.2, 0) is 22.4 Å². The van der Waals surface area contributed by atoms with E-state index >= 15 is 0 Å². The highest BCUT2D eigenvalue weighted by molar-refractivity contribution is 7.19. The summed E-state index contributed by atoms with van der Waals surface area (Å²) in [5.74, 6) is 1.02. The molecule has 1 atom stereocenters. The van der Waals surface area contributed by atoms with Gasteiger partial charge in [-0.1, -0.05) is 0 Å². The first-order chi connectivity index (χ1) is 15.1. The molecule has 0 unspecified atom stereocenters. The molecule has 8 nitrogen and oxygen atoms in total. The van der Waals surface area contributed by atoms with Gasteiger partial charge in [-0.05, 0) is 43.0 Å². The number of carbonyl (C=O) groups is 1. The SMILES string of the molecule is COCCN(C)C(=O)[C@H]1CCc2c(sc3ncnc(Nc4ccn5nccc5c4)c23)C1. The van der Waals surface area contributed by atoms with Crippen molar-refractivity contribution in [3.8, 4) is 0 Å². The topological polar surface area (TPSA) is 84.6 Å². The lowest BCUT2D eigenvalue weighted by Crippen LogP contribution is -2.37. The smallest absolute Gasteiger partial charge is 0.225 e. The molecule has 1 N–H and O–H groups in total. The van der Waals surface area contributed by atoms with Crippen LogP contribution in [0.2, 0.25) is 0 Å². The van der Waals surface area contributed by atoms with Gasteiger partial charge >= 0.3 is 0 Å². The van der Waals surface area contributed by atoms with Crippen molar-refractivity contribution in [2.45, 2.75) is 19.3 Å². The number of aromatic nitrogens is 4. The van der Waals surface area contributed by atoms with Crippen molar-refractivity contribution in [2.24, 2.45) is 5.92 Å². The van der Waals surface area contributed by atoms with Gasteiger partial charge in [0.15, 0.2) is 0 Å². The molecule has 1 amide bonds. The molecule has 160 valence electrons. The minimum Gasteiger partial charge on any atom is -0.383 e. The van der Waals surface area contributed by atoms with E-state index in [0.29, 0.717) is 13.2 Å². The van der Waals surface area contributed by atoms with Gasteiger partial charge in [0.05, 0.1) is 17.5 Å². The monoisotopic (exact) mass is 436 g/mol. The lowest BCUT2D eigenvalue weighted by atomic mass is 9.87. The van der Waals surface area contributed by atoms with Crippen molar-refractivity contribution in [3.63, 3.8) is 0 Å². The Morgan fingerprint density at radius 2 is 2.29 bits per heavy atom. The predicted molar refractivity (Wildman–Crippen MR) is 121 cm³/mol. The number of aryl methyl sites for hydroxylation is 1. The number of pyridine rings is 1. The molecule has 4 aromatic heterocycles. The van der Waals surface area contributed by atoms with E-state index in [1.54, 1.807) is 35.9 Å². The van der Waals surface area contributed by atoms with Crippen molar-refractivity contribution >= 4 is 44.5 Å². The number of carbonyl (C=O) groups excluding carboxylic acids is 1. The third-order valence-corrected chi connectivity index (χ3v) is 7.03. The maximum absolute atomic E-state index is 12.8. The Morgan fingerprint density at radius 3 is 3.16 bits per heavy atom. The normalized spacial score (nSPS) is 15.9. The van der Waals surface area contributed by atoms with Crippen LogP contribution in [0.15, 0.2) is 36.9 Å². The average molecular weight is 437 g/mol. The number of nitrogens with zero attached hydrogens (tertiary/aromatic N) is 5. The van der Waals surface area contributed by atoms with Crippen LogP contribution in [0.5, 0.6) is 0 Å². The quantitative estimate of drug-likeness (QED) is 0.499. The van der Waals surface area contributed by atoms with Crippen LogP contribution in [-0.4, -0.2) is 57.7 Å². The van der Waals surface area contributed by atoms with E-state index in [2.05, 4.69) is 20.4 Å². The second kappa shape index (κ2) is 8.24. The second-order valence-corrected chi connectivity index (χ2v) is 8.92. The van der Waals surface area contributed by atoms with Crippen LogP contribution in [0.4, 0.5) is 11.5 Å². The number of hydrogen-bond donors (Lipinski definition) is 1. The molecule has 0 spiro atoms. The molecule has 4 aromatic rings. The molecule has 0 bridgehead atoms. The molecule has 1 aliphatic carbocycles. The van der Waals surface area contributed by atoms with Crippen LogP contribution in [0, 0.1) is 5.92 Å². The molecule has 1 aliphatic rings. The van der Waals surface area contributed by atoms with Crippen LogP contribution in [0.1, 0.15) is 16.9 Å². The van der Waals surface area contributed by atoms with Gasteiger partial charge in [0, 0.05) is 49.6 Å². The van der Waals surface area contributed by atoms with E-state index in [4.69, 9.17) is 4.74 Å². The van der Waals surface area contributed by atoms with E-state index in [0.717, 1.165) is 46.5 Å². The average Bonchev–Trinajstić information content (AvgIpc) is 3.40. The molecule has 0 saturated carbocycles. The van der Waals surface area contributed by atoms with Gasteiger partial charge in [-0.3, -0.25) is 4.79 Å². The number of thiophene rings is 1. The number of likely N-dealkylation sites (N-methyl/N-ethyl adjacent to an activating group) is 1. The summed E-state index contributed by atoms with van der Waals surface area (Å²) < 4.78 is 6.94. The molecular weight excluding hydrogens is 412 g/mol. The zero-order valence-corrected chi connectivity index (χ0v) is 18.4. The van der Waals surface area contributed by atoms with Gasteiger partial charge in [0.2, 0.25) is 5.91 Å². The van der Waals surface area contributed by atoms with E-state index < -0.39 is 0 Å². The first-order valence-electron chi connectivity index (χ1n) is 10.3. The number of fused-ring (bicyclic) bond motifs is 4. The molecule has 0 aliphatic heterocycles. The minimum atomic E-state index is 0.0102. The molecule has 0 aromatic carbocycles. The summed E-state index contributed by atoms with van der Waals surface area (Å²) in [6.07, 6.45) is 7.76. The van der Waals surface area contributed by atoms with Gasteiger partial charge in [-0.15, -0.1) is 11.3 Å². The van der Waals surface area contributed by atoms with Crippen molar-refractivity contribution in [2.75, 3.05) is 32.6 Å². The van der Waals surface area contributed by atoms with Gasteiger partial charge < -0.3 is 15.0 Å². The van der Waals surface area contributed by atoms with Crippen LogP contribution in [0.25, 0.3) is 15.7 Å². The Kier molecular flexibility index (Phi) is 5.29. The first-order valence-corrected chi connectivity index (χ1v) is 11.2. The molecule has 9 heteroatoms. The van der Waals surface area contributed by atoms with Crippen molar-refractivity contribution in [1.29, 1.82) is 0 Å². The Balaban J connectivity index is 1.42. The van der Waals surface area contributed by atoms with E-state index in [9.17, 15) is 4.79 Å². The lowest BCUT2D eigenvalue weighted by Gasteiger charge is -2.26. The number of ether oxygens (including phenoxy) is 1. The number of anilines is 2. The van der Waals surface area contributed by atoms with E-state index in [1.807, 2.05) is 36.0 Å². The molecule has 0 radical (unpaired) electrons. The molecular formula is C22H24N6O2S. The number of hydrogen-bond acceptors (Lipinski definition) is 7. The summed E-state index contributed by atoms with van der Waals surface area (Å²) in [5, 5.41) is 8.79. The van der Waals surface area contributed by atoms with Crippen molar-refractivity contribution in [3.05, 3.63) is 47.4 Å². The standard InChI is InChI=1S/C22H24N6O2S/c1-27(9-10-30-2)22(29)14-3-4-17-18(11-14)31-21-19(17)20(23-13-24-21)26-15-6-8-28-16(12-15)5-7-25-28/h5-8,12-14H,3-4,9-11H2,1-2H3,(H,23,24,26)/t14-/m0/s1. The highest BCUT2D eigenvalue weighted by Gasteiger charge is 2.30. The zero-order chi connectivity index (χ0) is 21.4. The molecule has 4 heterocycles.